The van der Waals surface area contributed by atoms with Gasteiger partial charge in [0.05, 0.1) is 5.69 Å². The second kappa shape index (κ2) is 13.8. The molecule has 0 aliphatic rings. The van der Waals surface area contributed by atoms with Crippen LogP contribution in [0.1, 0.15) is 51.4 Å². The Bertz CT molecular complexity index is 558. The van der Waals surface area contributed by atoms with E-state index >= 15 is 0 Å². The number of carbonyl (C=O) groups excluding carboxylic acids is 1. The van der Waals surface area contributed by atoms with Crippen LogP contribution in [-0.4, -0.2) is 47.3 Å². The first kappa shape index (κ1) is 24.7. The number of hydrogen-bond acceptors (Lipinski definition) is 3. The molecule has 1 heterocycles. The lowest BCUT2D eigenvalue weighted by atomic mass is 10.2. The number of guanidine groups is 1. The van der Waals surface area contributed by atoms with Gasteiger partial charge < -0.3 is 16.0 Å². The molecule has 7 nitrogen and oxygen atoms in total. The molecule has 1 unspecified atom stereocenters. The van der Waals surface area contributed by atoms with Crippen LogP contribution in [-0.2, 0) is 11.3 Å². The van der Waals surface area contributed by atoms with Gasteiger partial charge in [-0.3, -0.25) is 14.5 Å². The summed E-state index contributed by atoms with van der Waals surface area (Å²) in [5.41, 5.74) is 2.23. The van der Waals surface area contributed by atoms with E-state index in [-0.39, 0.29) is 35.9 Å². The molecule has 1 aromatic heterocycles. The van der Waals surface area contributed by atoms with Crippen molar-refractivity contribution in [1.82, 2.24) is 25.7 Å². The van der Waals surface area contributed by atoms with Crippen molar-refractivity contribution >= 4 is 35.8 Å². The molecule has 1 amide bonds. The summed E-state index contributed by atoms with van der Waals surface area (Å²) in [7, 11) is 0. The van der Waals surface area contributed by atoms with Gasteiger partial charge in [0, 0.05) is 44.3 Å². The van der Waals surface area contributed by atoms with Gasteiger partial charge in [0.15, 0.2) is 5.96 Å². The first-order chi connectivity index (χ1) is 12.0. The van der Waals surface area contributed by atoms with Crippen LogP contribution in [0.4, 0.5) is 0 Å². The first-order valence-electron chi connectivity index (χ1n) is 9.28. The Hall–Kier alpha value is -1.32. The van der Waals surface area contributed by atoms with Gasteiger partial charge in [-0.2, -0.15) is 5.10 Å². The number of nitrogens with zero attached hydrogens (tertiary/aromatic N) is 3. The summed E-state index contributed by atoms with van der Waals surface area (Å²) in [6, 6.07) is 2.31. The van der Waals surface area contributed by atoms with Gasteiger partial charge in [0.1, 0.15) is 0 Å². The van der Waals surface area contributed by atoms with Crippen LogP contribution < -0.4 is 16.0 Å². The van der Waals surface area contributed by atoms with Crippen LogP contribution in [0.15, 0.2) is 11.1 Å². The normalized spacial score (nSPS) is 12.3. The highest BCUT2D eigenvalue weighted by atomic mass is 127. The zero-order chi connectivity index (χ0) is 18.7. The van der Waals surface area contributed by atoms with Gasteiger partial charge in [0.2, 0.25) is 5.91 Å². The summed E-state index contributed by atoms with van der Waals surface area (Å²) in [5, 5.41) is 13.8. The average Bonchev–Trinajstić information content (AvgIpc) is 2.88. The van der Waals surface area contributed by atoms with E-state index in [1.165, 1.54) is 5.69 Å². The quantitative estimate of drug-likeness (QED) is 0.209. The summed E-state index contributed by atoms with van der Waals surface area (Å²) in [6.07, 6.45) is 2.31. The summed E-state index contributed by atoms with van der Waals surface area (Å²) < 4.78 is 2.02. The molecule has 1 aromatic rings. The van der Waals surface area contributed by atoms with Gasteiger partial charge in [-0.15, -0.1) is 24.0 Å². The lowest BCUT2D eigenvalue weighted by Gasteiger charge is -2.13. The maximum absolute atomic E-state index is 11.8. The van der Waals surface area contributed by atoms with E-state index in [9.17, 15) is 4.79 Å². The molecule has 8 heteroatoms. The fourth-order valence-corrected chi connectivity index (χ4v) is 2.40. The third kappa shape index (κ3) is 9.98. The second-order valence-corrected chi connectivity index (χ2v) is 6.32. The van der Waals surface area contributed by atoms with E-state index in [1.807, 2.05) is 25.5 Å². The molecule has 0 spiro atoms. The Labute approximate surface area is 174 Å². The molecule has 26 heavy (non-hydrogen) atoms. The smallest absolute Gasteiger partial charge is 0.221 e. The minimum absolute atomic E-state index is 0. The zero-order valence-electron chi connectivity index (χ0n) is 16.8. The third-order valence-corrected chi connectivity index (χ3v) is 3.91. The van der Waals surface area contributed by atoms with Gasteiger partial charge in [-0.1, -0.05) is 6.92 Å². The van der Waals surface area contributed by atoms with Crippen LogP contribution in [0.3, 0.4) is 0 Å². The van der Waals surface area contributed by atoms with Crippen molar-refractivity contribution in [2.75, 3.05) is 19.6 Å². The number of aliphatic imine (C=N–C) groups is 1. The van der Waals surface area contributed by atoms with Crippen molar-refractivity contribution in [3.63, 3.8) is 0 Å². The standard InChI is InChI=1S/C18H34N6O.HI/c1-6-14(3)22-17(25)9-11-21-18(19-7-2)20-10-8-12-24-16(5)13-15(4)23-24;/h13-14H,6-12H2,1-5H3,(H,22,25)(H2,19,20,21);1H. The minimum atomic E-state index is 0. The van der Waals surface area contributed by atoms with Crippen molar-refractivity contribution in [3.8, 4) is 0 Å². The van der Waals surface area contributed by atoms with Crippen molar-refractivity contribution in [2.45, 2.75) is 66.5 Å². The number of aromatic nitrogens is 2. The molecule has 0 saturated carbocycles. The monoisotopic (exact) mass is 478 g/mol. The number of nitrogens with one attached hydrogen (secondary N) is 3. The van der Waals surface area contributed by atoms with Crippen LogP contribution in [0.5, 0.6) is 0 Å². The lowest BCUT2D eigenvalue weighted by molar-refractivity contribution is -0.121. The largest absolute Gasteiger partial charge is 0.357 e. The van der Waals surface area contributed by atoms with Crippen LogP contribution in [0, 0.1) is 13.8 Å². The maximum atomic E-state index is 11.8. The van der Waals surface area contributed by atoms with Gasteiger partial charge in [-0.25, -0.2) is 0 Å². The molecule has 0 aliphatic carbocycles. The molecule has 0 fully saturated rings. The topological polar surface area (TPSA) is 83.3 Å². The molecule has 0 aliphatic heterocycles. The van der Waals surface area contributed by atoms with E-state index < -0.39 is 0 Å². The van der Waals surface area contributed by atoms with Crippen LogP contribution in [0.25, 0.3) is 0 Å². The highest BCUT2D eigenvalue weighted by Crippen LogP contribution is 2.02. The van der Waals surface area contributed by atoms with Gasteiger partial charge in [0.25, 0.3) is 0 Å². The van der Waals surface area contributed by atoms with E-state index in [0.717, 1.165) is 37.6 Å². The Morgan fingerprint density at radius 1 is 1.31 bits per heavy atom. The number of rotatable bonds is 10. The molecule has 0 aromatic carbocycles. The predicted molar refractivity (Wildman–Crippen MR) is 118 cm³/mol. The van der Waals surface area contributed by atoms with Crippen molar-refractivity contribution < 1.29 is 4.79 Å². The van der Waals surface area contributed by atoms with Gasteiger partial charge >= 0.3 is 0 Å². The van der Waals surface area contributed by atoms with E-state index in [2.05, 4.69) is 46.0 Å². The molecule has 1 atom stereocenters. The fraction of sp³-hybridized carbons (Fsp3) is 0.722. The highest BCUT2D eigenvalue weighted by Gasteiger charge is 2.06. The van der Waals surface area contributed by atoms with E-state index in [4.69, 9.17) is 0 Å². The first-order valence-corrected chi connectivity index (χ1v) is 9.28. The highest BCUT2D eigenvalue weighted by molar-refractivity contribution is 14.0. The Morgan fingerprint density at radius 2 is 2.04 bits per heavy atom. The zero-order valence-corrected chi connectivity index (χ0v) is 19.1. The molecule has 1 rings (SSSR count). The van der Waals surface area contributed by atoms with Crippen molar-refractivity contribution in [2.24, 2.45) is 4.99 Å². The fourth-order valence-electron chi connectivity index (χ4n) is 2.40. The maximum Gasteiger partial charge on any atom is 0.221 e. The Kier molecular flexibility index (Phi) is 13.1. The predicted octanol–water partition coefficient (Wildman–Crippen LogP) is 2.37. The molecule has 0 saturated heterocycles. The number of halogens is 1. The Balaban J connectivity index is 0.00000625. The minimum Gasteiger partial charge on any atom is -0.357 e. The van der Waals surface area contributed by atoms with E-state index in [1.54, 1.807) is 0 Å². The summed E-state index contributed by atoms with van der Waals surface area (Å²) in [5.74, 6) is 0.828. The third-order valence-electron chi connectivity index (χ3n) is 3.91. The SMILES string of the molecule is CCNC(=NCCCn1nc(C)cc1C)NCCC(=O)NC(C)CC.I. The van der Waals surface area contributed by atoms with Crippen molar-refractivity contribution in [1.29, 1.82) is 0 Å². The molecule has 150 valence electrons. The van der Waals surface area contributed by atoms with Crippen molar-refractivity contribution in [3.05, 3.63) is 17.5 Å². The summed E-state index contributed by atoms with van der Waals surface area (Å²) in [4.78, 5) is 16.3. The molecular weight excluding hydrogens is 443 g/mol. The van der Waals surface area contributed by atoms with Gasteiger partial charge in [-0.05, 0) is 46.6 Å². The molecule has 0 radical (unpaired) electrons. The summed E-state index contributed by atoms with van der Waals surface area (Å²) in [6.45, 7) is 13.1. The molecule has 3 N–H and O–H groups in total. The summed E-state index contributed by atoms with van der Waals surface area (Å²) >= 11 is 0. The second-order valence-electron chi connectivity index (χ2n) is 6.32. The number of amides is 1. The lowest BCUT2D eigenvalue weighted by Crippen LogP contribution is -2.40. The molecular formula is C18H35IN6O. The number of aryl methyl sites for hydroxylation is 3. The number of carbonyl (C=O) groups is 1. The van der Waals surface area contributed by atoms with Crippen LogP contribution >= 0.6 is 24.0 Å². The van der Waals surface area contributed by atoms with E-state index in [0.29, 0.717) is 19.5 Å². The Morgan fingerprint density at radius 3 is 2.62 bits per heavy atom. The average molecular weight is 478 g/mol. The number of hydrogen-bond donors (Lipinski definition) is 3. The molecule has 0 bridgehead atoms. The van der Waals surface area contributed by atoms with Crippen LogP contribution in [0.2, 0.25) is 0 Å².